The number of anilines is 1. The van der Waals surface area contributed by atoms with Gasteiger partial charge in [0.15, 0.2) is 0 Å². The Morgan fingerprint density at radius 1 is 1.00 bits per heavy atom. The lowest BCUT2D eigenvalue weighted by atomic mass is 10.1. The second-order valence-electron chi connectivity index (χ2n) is 5.91. The Balaban J connectivity index is 1.50. The van der Waals surface area contributed by atoms with Crippen LogP contribution in [0.1, 0.15) is 25.7 Å². The van der Waals surface area contributed by atoms with E-state index in [4.69, 9.17) is 4.74 Å². The highest BCUT2D eigenvalue weighted by Crippen LogP contribution is 2.16. The van der Waals surface area contributed by atoms with Crippen LogP contribution in [0.3, 0.4) is 0 Å². The second-order valence-corrected chi connectivity index (χ2v) is 7.23. The van der Waals surface area contributed by atoms with Gasteiger partial charge in [0, 0.05) is 27.1 Å². The maximum absolute atomic E-state index is 12.2. The second kappa shape index (κ2) is 8.96. The van der Waals surface area contributed by atoms with E-state index in [9.17, 15) is 9.59 Å². The van der Waals surface area contributed by atoms with E-state index in [2.05, 4.69) is 5.32 Å². The lowest BCUT2D eigenvalue weighted by Crippen LogP contribution is -2.11. The lowest BCUT2D eigenvalue weighted by molar-refractivity contribution is -0.138. The zero-order valence-corrected chi connectivity index (χ0v) is 15.7. The standard InChI is InChI=1S/C22H19NO3S/c1-16-7-12-20(27-16)13-14-21(24)26-15-17-8-10-18(11-9-17)22(25)23-19-5-3-2-4-6-19/h2-14H,15H2,1H3,(H,23,25)/b14-13+. The number of carbonyl (C=O) groups is 2. The first-order valence-electron chi connectivity index (χ1n) is 8.47. The van der Waals surface area contributed by atoms with Gasteiger partial charge in [-0.2, -0.15) is 0 Å². The molecule has 2 aromatic carbocycles. The summed E-state index contributed by atoms with van der Waals surface area (Å²) < 4.78 is 5.23. The summed E-state index contributed by atoms with van der Waals surface area (Å²) in [6.07, 6.45) is 3.17. The number of carbonyl (C=O) groups excluding carboxylic acids is 2. The van der Waals surface area contributed by atoms with Crippen LogP contribution in [0.2, 0.25) is 0 Å². The van der Waals surface area contributed by atoms with Crippen molar-refractivity contribution in [2.45, 2.75) is 13.5 Å². The molecule has 0 fully saturated rings. The number of ether oxygens (including phenoxy) is 1. The predicted molar refractivity (Wildman–Crippen MR) is 109 cm³/mol. The van der Waals surface area contributed by atoms with E-state index in [-0.39, 0.29) is 12.5 Å². The monoisotopic (exact) mass is 377 g/mol. The average molecular weight is 377 g/mol. The molecule has 3 rings (SSSR count). The van der Waals surface area contributed by atoms with Gasteiger partial charge in [0.25, 0.3) is 5.91 Å². The van der Waals surface area contributed by atoms with Gasteiger partial charge in [0.05, 0.1) is 0 Å². The van der Waals surface area contributed by atoms with E-state index in [1.165, 1.54) is 11.0 Å². The number of para-hydroxylation sites is 1. The molecule has 0 aliphatic heterocycles. The molecule has 1 amide bonds. The molecule has 0 saturated carbocycles. The first-order valence-corrected chi connectivity index (χ1v) is 9.28. The maximum atomic E-state index is 12.2. The molecule has 0 aliphatic rings. The third-order valence-electron chi connectivity index (χ3n) is 3.77. The van der Waals surface area contributed by atoms with Crippen LogP contribution in [0.15, 0.2) is 72.8 Å². The zero-order chi connectivity index (χ0) is 19.1. The number of thiophene rings is 1. The van der Waals surface area contributed by atoms with Crippen molar-refractivity contribution in [2.24, 2.45) is 0 Å². The van der Waals surface area contributed by atoms with Gasteiger partial charge in [-0.25, -0.2) is 4.79 Å². The predicted octanol–water partition coefficient (Wildman–Crippen LogP) is 5.07. The summed E-state index contributed by atoms with van der Waals surface area (Å²) in [4.78, 5) is 26.2. The summed E-state index contributed by atoms with van der Waals surface area (Å²) >= 11 is 1.62. The number of rotatable bonds is 6. The molecule has 0 atom stereocenters. The van der Waals surface area contributed by atoms with Gasteiger partial charge in [-0.15, -0.1) is 11.3 Å². The number of hydrogen-bond donors (Lipinski definition) is 1. The summed E-state index contributed by atoms with van der Waals surface area (Å²) in [6, 6.07) is 20.2. The van der Waals surface area contributed by atoms with Crippen LogP contribution in [-0.4, -0.2) is 11.9 Å². The van der Waals surface area contributed by atoms with Crippen LogP contribution in [0.4, 0.5) is 5.69 Å². The molecule has 0 aliphatic carbocycles. The Hall–Kier alpha value is -3.18. The summed E-state index contributed by atoms with van der Waals surface area (Å²) in [5.41, 5.74) is 2.11. The first kappa shape index (κ1) is 18.6. The number of esters is 1. The van der Waals surface area contributed by atoms with E-state index in [1.807, 2.05) is 49.4 Å². The Labute approximate surface area is 162 Å². The molecule has 5 heteroatoms. The van der Waals surface area contributed by atoms with Gasteiger partial charge >= 0.3 is 5.97 Å². The Morgan fingerprint density at radius 3 is 2.41 bits per heavy atom. The lowest BCUT2D eigenvalue weighted by Gasteiger charge is -2.06. The molecule has 3 aromatic rings. The van der Waals surface area contributed by atoms with Crippen molar-refractivity contribution in [3.05, 3.63) is 93.7 Å². The van der Waals surface area contributed by atoms with Crippen molar-refractivity contribution in [3.63, 3.8) is 0 Å². The minimum absolute atomic E-state index is 0.160. The highest BCUT2D eigenvalue weighted by molar-refractivity contribution is 7.12. The van der Waals surface area contributed by atoms with Crippen LogP contribution >= 0.6 is 11.3 Å². The molecule has 136 valence electrons. The van der Waals surface area contributed by atoms with Crippen LogP contribution < -0.4 is 5.32 Å². The van der Waals surface area contributed by atoms with E-state index < -0.39 is 5.97 Å². The molecular weight excluding hydrogens is 358 g/mol. The molecule has 1 heterocycles. The normalized spacial score (nSPS) is 10.7. The fourth-order valence-electron chi connectivity index (χ4n) is 2.37. The summed E-state index contributed by atoms with van der Waals surface area (Å²) in [5.74, 6) is -0.578. The molecule has 0 unspecified atom stereocenters. The summed E-state index contributed by atoms with van der Waals surface area (Å²) in [6.45, 7) is 2.18. The van der Waals surface area contributed by atoms with Crippen molar-refractivity contribution in [1.29, 1.82) is 0 Å². The first-order chi connectivity index (χ1) is 13.1. The number of nitrogens with one attached hydrogen (secondary N) is 1. The summed E-state index contributed by atoms with van der Waals surface area (Å²) in [7, 11) is 0. The molecule has 0 spiro atoms. The minimum atomic E-state index is -0.396. The fourth-order valence-corrected chi connectivity index (χ4v) is 3.15. The van der Waals surface area contributed by atoms with Crippen LogP contribution in [0, 0.1) is 6.92 Å². The van der Waals surface area contributed by atoms with E-state index in [0.717, 1.165) is 16.1 Å². The van der Waals surface area contributed by atoms with Crippen molar-refractivity contribution < 1.29 is 14.3 Å². The molecule has 0 bridgehead atoms. The van der Waals surface area contributed by atoms with Crippen LogP contribution in [-0.2, 0) is 16.1 Å². The van der Waals surface area contributed by atoms with Crippen molar-refractivity contribution >= 4 is 35.0 Å². The zero-order valence-electron chi connectivity index (χ0n) is 14.8. The van der Waals surface area contributed by atoms with Gasteiger partial charge < -0.3 is 10.1 Å². The molecule has 1 aromatic heterocycles. The van der Waals surface area contributed by atoms with Crippen molar-refractivity contribution in [1.82, 2.24) is 0 Å². The Morgan fingerprint density at radius 2 is 1.74 bits per heavy atom. The maximum Gasteiger partial charge on any atom is 0.331 e. The van der Waals surface area contributed by atoms with Gasteiger partial charge in [-0.1, -0.05) is 30.3 Å². The number of amides is 1. The molecule has 0 radical (unpaired) electrons. The fraction of sp³-hybridized carbons (Fsp3) is 0.0909. The number of hydrogen-bond acceptors (Lipinski definition) is 4. The molecule has 1 N–H and O–H groups in total. The van der Waals surface area contributed by atoms with E-state index in [0.29, 0.717) is 5.56 Å². The van der Waals surface area contributed by atoms with Gasteiger partial charge in [-0.05, 0) is 55.0 Å². The minimum Gasteiger partial charge on any atom is -0.458 e. The van der Waals surface area contributed by atoms with Gasteiger partial charge in [-0.3, -0.25) is 4.79 Å². The Kier molecular flexibility index (Phi) is 6.18. The van der Waals surface area contributed by atoms with Crippen LogP contribution in [0.5, 0.6) is 0 Å². The largest absolute Gasteiger partial charge is 0.458 e. The molecular formula is C22H19NO3S. The van der Waals surface area contributed by atoms with E-state index in [1.54, 1.807) is 41.7 Å². The molecule has 27 heavy (non-hydrogen) atoms. The van der Waals surface area contributed by atoms with E-state index >= 15 is 0 Å². The molecule has 4 nitrogen and oxygen atoms in total. The topological polar surface area (TPSA) is 55.4 Å². The number of aryl methyl sites for hydroxylation is 1. The van der Waals surface area contributed by atoms with Crippen LogP contribution in [0.25, 0.3) is 6.08 Å². The quantitative estimate of drug-likeness (QED) is 0.482. The highest BCUT2D eigenvalue weighted by atomic mass is 32.1. The summed E-state index contributed by atoms with van der Waals surface area (Å²) in [5, 5.41) is 2.83. The average Bonchev–Trinajstić information content (AvgIpc) is 3.11. The smallest absolute Gasteiger partial charge is 0.331 e. The Bertz CT molecular complexity index is 943. The third-order valence-corrected chi connectivity index (χ3v) is 4.74. The third kappa shape index (κ3) is 5.66. The number of benzene rings is 2. The molecule has 0 saturated heterocycles. The van der Waals surface area contributed by atoms with Gasteiger partial charge in [0.1, 0.15) is 6.61 Å². The van der Waals surface area contributed by atoms with Crippen molar-refractivity contribution in [2.75, 3.05) is 5.32 Å². The SMILES string of the molecule is Cc1ccc(/C=C/C(=O)OCc2ccc(C(=O)Nc3ccccc3)cc2)s1. The highest BCUT2D eigenvalue weighted by Gasteiger charge is 2.06. The van der Waals surface area contributed by atoms with Crippen molar-refractivity contribution in [3.8, 4) is 0 Å². The van der Waals surface area contributed by atoms with Gasteiger partial charge in [0.2, 0.25) is 0 Å².